The first kappa shape index (κ1) is 14.0. The van der Waals surface area contributed by atoms with Crippen LogP contribution in [0.4, 0.5) is 4.79 Å². The summed E-state index contributed by atoms with van der Waals surface area (Å²) in [4.78, 5) is 21.7. The zero-order valence-corrected chi connectivity index (χ0v) is 10.3. The Labute approximate surface area is 105 Å². The molecule has 0 saturated heterocycles. The van der Waals surface area contributed by atoms with Crippen LogP contribution in [0.2, 0.25) is 0 Å². The first-order chi connectivity index (χ1) is 8.54. The molecule has 6 heteroatoms. The van der Waals surface area contributed by atoms with Crippen LogP contribution in [0.15, 0.2) is 24.3 Å². The second-order valence-electron chi connectivity index (χ2n) is 3.64. The summed E-state index contributed by atoms with van der Waals surface area (Å²) in [5.41, 5.74) is 6.01. The number of hydrogen-bond acceptors (Lipinski definition) is 4. The molecule has 0 aliphatic rings. The minimum atomic E-state index is -1.15. The molecule has 0 aliphatic heterocycles. The average molecular weight is 252 g/mol. The molecule has 0 bridgehead atoms. The Morgan fingerprint density at radius 2 is 1.94 bits per heavy atom. The quantitative estimate of drug-likeness (QED) is 0.548. The van der Waals surface area contributed by atoms with E-state index in [4.69, 9.17) is 9.84 Å². The van der Waals surface area contributed by atoms with Gasteiger partial charge < -0.3 is 9.84 Å². The van der Waals surface area contributed by atoms with Crippen molar-refractivity contribution in [1.29, 1.82) is 0 Å². The highest BCUT2D eigenvalue weighted by Crippen LogP contribution is 2.13. The minimum absolute atomic E-state index is 0.197. The Bertz CT molecular complexity index is 417. The number of esters is 1. The molecule has 0 spiro atoms. The maximum Gasteiger partial charge on any atom is 0.419 e. The molecule has 0 aliphatic carbocycles. The van der Waals surface area contributed by atoms with E-state index in [1.807, 2.05) is 0 Å². The summed E-state index contributed by atoms with van der Waals surface area (Å²) in [6.45, 7) is 3.88. The van der Waals surface area contributed by atoms with E-state index in [1.54, 1.807) is 38.1 Å². The van der Waals surface area contributed by atoms with E-state index in [-0.39, 0.29) is 12.0 Å². The van der Waals surface area contributed by atoms with Crippen LogP contribution in [0.5, 0.6) is 0 Å². The summed E-state index contributed by atoms with van der Waals surface area (Å²) in [7, 11) is 0. The highest BCUT2D eigenvalue weighted by atomic mass is 16.5. The molecule has 1 atom stereocenters. The monoisotopic (exact) mass is 252 g/mol. The smallest absolute Gasteiger partial charge is 0.419 e. The van der Waals surface area contributed by atoms with E-state index < -0.39 is 6.09 Å². The third-order valence-electron chi connectivity index (χ3n) is 2.32. The molecule has 1 aromatic carbocycles. The predicted octanol–water partition coefficient (Wildman–Crippen LogP) is 1.70. The maximum absolute atomic E-state index is 11.4. The van der Waals surface area contributed by atoms with Crippen molar-refractivity contribution in [2.45, 2.75) is 19.9 Å². The second-order valence-corrected chi connectivity index (χ2v) is 3.64. The molecule has 1 unspecified atom stereocenters. The number of amides is 1. The van der Waals surface area contributed by atoms with Crippen molar-refractivity contribution in [2.75, 3.05) is 6.61 Å². The third-order valence-corrected chi connectivity index (χ3v) is 2.32. The van der Waals surface area contributed by atoms with E-state index in [0.29, 0.717) is 12.2 Å². The van der Waals surface area contributed by atoms with Gasteiger partial charge in [0.25, 0.3) is 0 Å². The van der Waals surface area contributed by atoms with Crippen LogP contribution in [0.3, 0.4) is 0 Å². The Morgan fingerprint density at radius 3 is 2.44 bits per heavy atom. The van der Waals surface area contributed by atoms with Gasteiger partial charge in [-0.15, -0.1) is 0 Å². The zero-order chi connectivity index (χ0) is 13.5. The molecule has 1 aromatic rings. The fourth-order valence-electron chi connectivity index (χ4n) is 1.38. The van der Waals surface area contributed by atoms with E-state index in [0.717, 1.165) is 5.56 Å². The van der Waals surface area contributed by atoms with Crippen LogP contribution < -0.4 is 10.9 Å². The summed E-state index contributed by atoms with van der Waals surface area (Å²) < 4.78 is 4.86. The van der Waals surface area contributed by atoms with Crippen molar-refractivity contribution >= 4 is 12.1 Å². The van der Waals surface area contributed by atoms with Crippen LogP contribution in [0.1, 0.15) is 35.8 Å². The molecule has 3 N–H and O–H groups in total. The van der Waals surface area contributed by atoms with E-state index >= 15 is 0 Å². The van der Waals surface area contributed by atoms with Crippen LogP contribution in [-0.4, -0.2) is 23.8 Å². The van der Waals surface area contributed by atoms with Crippen molar-refractivity contribution in [3.63, 3.8) is 0 Å². The van der Waals surface area contributed by atoms with Gasteiger partial charge in [-0.05, 0) is 31.5 Å². The minimum Gasteiger partial charge on any atom is -0.464 e. The number of benzene rings is 1. The normalized spacial score (nSPS) is 11.7. The molecule has 1 rings (SSSR count). The van der Waals surface area contributed by atoms with Crippen molar-refractivity contribution in [3.05, 3.63) is 35.4 Å². The summed E-state index contributed by atoms with van der Waals surface area (Å²) in [6.07, 6.45) is -1.15. The maximum atomic E-state index is 11.4. The Balaban J connectivity index is 2.64. The summed E-state index contributed by atoms with van der Waals surface area (Å²) in [6, 6.07) is 6.58. The molecular formula is C12H16N2O4. The van der Waals surface area contributed by atoms with Crippen LogP contribution in [0, 0.1) is 0 Å². The second kappa shape index (κ2) is 6.61. The first-order valence-corrected chi connectivity index (χ1v) is 5.56. The highest BCUT2D eigenvalue weighted by Gasteiger charge is 2.09. The largest absolute Gasteiger partial charge is 0.464 e. The Kier molecular flexibility index (Phi) is 5.13. The predicted molar refractivity (Wildman–Crippen MR) is 65.1 cm³/mol. The number of carbonyl (C=O) groups excluding carboxylic acids is 1. The van der Waals surface area contributed by atoms with Gasteiger partial charge in [0.15, 0.2) is 0 Å². The number of nitrogens with one attached hydrogen (secondary N) is 2. The SMILES string of the molecule is CCOC(=O)c1ccc(C(C)NNC(=O)O)cc1. The number of hydrazine groups is 1. The first-order valence-electron chi connectivity index (χ1n) is 5.56. The molecule has 18 heavy (non-hydrogen) atoms. The van der Waals surface area contributed by atoms with E-state index in [9.17, 15) is 9.59 Å². The fourth-order valence-corrected chi connectivity index (χ4v) is 1.38. The van der Waals surface area contributed by atoms with Crippen molar-refractivity contribution in [3.8, 4) is 0 Å². The molecule has 98 valence electrons. The molecular weight excluding hydrogens is 236 g/mol. The van der Waals surface area contributed by atoms with E-state index in [2.05, 4.69) is 10.9 Å². The highest BCUT2D eigenvalue weighted by molar-refractivity contribution is 5.89. The lowest BCUT2D eigenvalue weighted by Crippen LogP contribution is -2.37. The molecule has 0 saturated carbocycles. The van der Waals surface area contributed by atoms with Gasteiger partial charge in [-0.3, -0.25) is 5.43 Å². The molecule has 0 aromatic heterocycles. The molecule has 0 radical (unpaired) electrons. The van der Waals surface area contributed by atoms with E-state index in [1.165, 1.54) is 0 Å². The van der Waals surface area contributed by atoms with Gasteiger partial charge in [0, 0.05) is 6.04 Å². The van der Waals surface area contributed by atoms with Crippen LogP contribution >= 0.6 is 0 Å². The number of ether oxygens (including phenoxy) is 1. The lowest BCUT2D eigenvalue weighted by Gasteiger charge is -2.13. The summed E-state index contributed by atoms with van der Waals surface area (Å²) in [5, 5.41) is 8.45. The number of hydrogen-bond donors (Lipinski definition) is 3. The molecule has 6 nitrogen and oxygen atoms in total. The Morgan fingerprint density at radius 1 is 1.33 bits per heavy atom. The van der Waals surface area contributed by atoms with Gasteiger partial charge in [0.05, 0.1) is 12.2 Å². The van der Waals surface area contributed by atoms with Gasteiger partial charge in [0.2, 0.25) is 0 Å². The topological polar surface area (TPSA) is 87.7 Å². The Hall–Kier alpha value is -2.08. The van der Waals surface area contributed by atoms with Crippen molar-refractivity contribution in [1.82, 2.24) is 10.9 Å². The fraction of sp³-hybridized carbons (Fsp3) is 0.333. The van der Waals surface area contributed by atoms with Crippen molar-refractivity contribution < 1.29 is 19.4 Å². The van der Waals surface area contributed by atoms with Crippen molar-refractivity contribution in [2.24, 2.45) is 0 Å². The van der Waals surface area contributed by atoms with Gasteiger partial charge >= 0.3 is 12.1 Å². The number of carbonyl (C=O) groups is 2. The van der Waals surface area contributed by atoms with Crippen LogP contribution in [-0.2, 0) is 4.74 Å². The third kappa shape index (κ3) is 4.06. The molecule has 0 fully saturated rings. The molecule has 0 heterocycles. The number of carboxylic acid groups (broad SMARTS) is 1. The van der Waals surface area contributed by atoms with Crippen LogP contribution in [0.25, 0.3) is 0 Å². The number of rotatable bonds is 5. The van der Waals surface area contributed by atoms with Gasteiger partial charge in [-0.2, -0.15) is 0 Å². The standard InChI is InChI=1S/C12H16N2O4/c1-3-18-11(15)10-6-4-9(5-7-10)8(2)13-14-12(16)17/h4-8,13-14H,3H2,1-2H3,(H,16,17). The lowest BCUT2D eigenvalue weighted by molar-refractivity contribution is 0.0526. The average Bonchev–Trinajstić information content (AvgIpc) is 2.36. The van der Waals surface area contributed by atoms with Gasteiger partial charge in [-0.1, -0.05) is 12.1 Å². The molecule has 1 amide bonds. The lowest BCUT2D eigenvalue weighted by atomic mass is 10.1. The summed E-state index contributed by atoms with van der Waals surface area (Å²) >= 11 is 0. The van der Waals surface area contributed by atoms with Gasteiger partial charge in [-0.25, -0.2) is 15.0 Å². The van der Waals surface area contributed by atoms with Gasteiger partial charge in [0.1, 0.15) is 0 Å². The zero-order valence-electron chi connectivity index (χ0n) is 10.3. The summed E-state index contributed by atoms with van der Waals surface area (Å²) in [5.74, 6) is -0.367.